The molecule has 2 aromatic rings. The molecular formula is C25H33N3O3. The molecule has 0 radical (unpaired) electrons. The third-order valence-electron chi connectivity index (χ3n) is 7.63. The summed E-state index contributed by atoms with van der Waals surface area (Å²) in [6, 6.07) is 8.09. The first kappa shape index (κ1) is 20.6. The summed E-state index contributed by atoms with van der Waals surface area (Å²) >= 11 is 0. The number of rotatable bonds is 3. The third-order valence-corrected chi connectivity index (χ3v) is 7.63. The number of H-pyrrole nitrogens is 1. The lowest BCUT2D eigenvalue weighted by atomic mass is 9.84. The van der Waals surface area contributed by atoms with E-state index in [0.717, 1.165) is 68.3 Å². The fourth-order valence-electron chi connectivity index (χ4n) is 5.63. The first-order valence-electron chi connectivity index (χ1n) is 11.9. The van der Waals surface area contributed by atoms with Crippen LogP contribution >= 0.6 is 0 Å². The number of hydrogen-bond acceptors (Lipinski definition) is 3. The number of aromatic nitrogens is 1. The molecule has 3 saturated heterocycles. The molecule has 3 aliphatic heterocycles. The SMILES string of the molecule is O=C(Cc1c[nH]c2ccccc12)N1CCC(C(=O)N2CCC3(CCCCO3)CC2)CC1. The van der Waals surface area contributed by atoms with E-state index in [4.69, 9.17) is 4.74 Å². The highest BCUT2D eigenvalue weighted by Gasteiger charge is 2.39. The number of carbonyl (C=O) groups is 2. The molecule has 3 aliphatic rings. The van der Waals surface area contributed by atoms with Crippen LogP contribution in [0.4, 0.5) is 0 Å². The highest BCUT2D eigenvalue weighted by Crippen LogP contribution is 2.35. The van der Waals surface area contributed by atoms with Crippen molar-refractivity contribution in [3.8, 4) is 0 Å². The van der Waals surface area contributed by atoms with Gasteiger partial charge in [-0.25, -0.2) is 0 Å². The summed E-state index contributed by atoms with van der Waals surface area (Å²) in [5.41, 5.74) is 2.15. The Bertz CT molecular complexity index is 928. The van der Waals surface area contributed by atoms with Crippen molar-refractivity contribution in [1.82, 2.24) is 14.8 Å². The van der Waals surface area contributed by atoms with Crippen LogP contribution < -0.4 is 0 Å². The van der Waals surface area contributed by atoms with Crippen LogP contribution in [0.5, 0.6) is 0 Å². The maximum atomic E-state index is 13.1. The van der Waals surface area contributed by atoms with E-state index in [-0.39, 0.29) is 23.3 Å². The van der Waals surface area contributed by atoms with Gasteiger partial charge in [0.1, 0.15) is 0 Å². The van der Waals surface area contributed by atoms with Crippen LogP contribution in [0, 0.1) is 5.92 Å². The normalized spacial score (nSPS) is 22.2. The highest BCUT2D eigenvalue weighted by atomic mass is 16.5. The summed E-state index contributed by atoms with van der Waals surface area (Å²) in [4.78, 5) is 33.2. The number of hydrogen-bond donors (Lipinski definition) is 1. The average Bonchev–Trinajstić information content (AvgIpc) is 3.22. The van der Waals surface area contributed by atoms with E-state index in [9.17, 15) is 9.59 Å². The van der Waals surface area contributed by atoms with Crippen LogP contribution in [0.3, 0.4) is 0 Å². The molecule has 1 aromatic carbocycles. The van der Waals surface area contributed by atoms with Gasteiger partial charge in [0.25, 0.3) is 0 Å². The van der Waals surface area contributed by atoms with Crippen LogP contribution in [0.25, 0.3) is 10.9 Å². The minimum atomic E-state index is 0.0349. The quantitative estimate of drug-likeness (QED) is 0.822. The Hall–Kier alpha value is -2.34. The lowest BCUT2D eigenvalue weighted by Gasteiger charge is -2.45. The van der Waals surface area contributed by atoms with Crippen LogP contribution in [0.15, 0.2) is 30.5 Å². The summed E-state index contributed by atoms with van der Waals surface area (Å²) in [5, 5.41) is 1.12. The summed E-state index contributed by atoms with van der Waals surface area (Å²) in [6.07, 6.45) is 9.41. The summed E-state index contributed by atoms with van der Waals surface area (Å²) in [6.45, 7) is 3.87. The number of nitrogens with one attached hydrogen (secondary N) is 1. The first-order chi connectivity index (χ1) is 15.1. The van der Waals surface area contributed by atoms with Gasteiger partial charge in [-0.2, -0.15) is 0 Å². The molecule has 3 fully saturated rings. The number of nitrogens with zero attached hydrogens (tertiary/aromatic N) is 2. The number of piperidine rings is 2. The van der Waals surface area contributed by atoms with Crippen molar-refractivity contribution in [1.29, 1.82) is 0 Å². The fourth-order valence-corrected chi connectivity index (χ4v) is 5.63. The Kier molecular flexibility index (Phi) is 5.74. The van der Waals surface area contributed by atoms with Gasteiger partial charge in [0, 0.05) is 55.8 Å². The van der Waals surface area contributed by atoms with E-state index < -0.39 is 0 Å². The van der Waals surface area contributed by atoms with E-state index in [1.54, 1.807) is 0 Å². The van der Waals surface area contributed by atoms with Crippen LogP contribution in [0.2, 0.25) is 0 Å². The van der Waals surface area contributed by atoms with Gasteiger partial charge in [0.15, 0.2) is 0 Å². The standard InChI is InChI=1S/C25H33N3O3/c29-23(17-20-18-26-22-6-2-1-5-21(20)22)27-12-7-19(8-13-27)24(30)28-14-10-25(11-15-28)9-3-4-16-31-25/h1-2,5-6,18-19,26H,3-4,7-17H2. The Morgan fingerprint density at radius 1 is 1.00 bits per heavy atom. The molecule has 6 heteroatoms. The second-order valence-corrected chi connectivity index (χ2v) is 9.51. The maximum absolute atomic E-state index is 13.1. The van der Waals surface area contributed by atoms with Gasteiger partial charge in [-0.1, -0.05) is 18.2 Å². The Morgan fingerprint density at radius 3 is 2.52 bits per heavy atom. The van der Waals surface area contributed by atoms with Crippen molar-refractivity contribution in [2.45, 2.75) is 57.0 Å². The third kappa shape index (κ3) is 4.22. The molecule has 0 aliphatic carbocycles. The van der Waals surface area contributed by atoms with Crippen LogP contribution in [-0.4, -0.2) is 65.0 Å². The number of likely N-dealkylation sites (tertiary alicyclic amines) is 2. The molecule has 0 atom stereocenters. The number of benzene rings is 1. The Balaban J connectivity index is 1.12. The lowest BCUT2D eigenvalue weighted by Crippen LogP contribution is -2.52. The van der Waals surface area contributed by atoms with Crippen molar-refractivity contribution in [3.63, 3.8) is 0 Å². The average molecular weight is 424 g/mol. The molecule has 0 saturated carbocycles. The second kappa shape index (κ2) is 8.65. The number of amides is 2. The van der Waals surface area contributed by atoms with Gasteiger partial charge < -0.3 is 19.5 Å². The van der Waals surface area contributed by atoms with Crippen molar-refractivity contribution in [2.75, 3.05) is 32.8 Å². The summed E-state index contributed by atoms with van der Waals surface area (Å²) in [5.74, 6) is 0.498. The van der Waals surface area contributed by atoms with Crippen LogP contribution in [-0.2, 0) is 20.7 Å². The van der Waals surface area contributed by atoms with E-state index >= 15 is 0 Å². The number of para-hydroxylation sites is 1. The molecular weight excluding hydrogens is 390 g/mol. The molecule has 4 heterocycles. The molecule has 0 bridgehead atoms. The van der Waals surface area contributed by atoms with Crippen LogP contribution in [0.1, 0.15) is 50.5 Å². The summed E-state index contributed by atoms with van der Waals surface area (Å²) < 4.78 is 6.11. The predicted molar refractivity (Wildman–Crippen MR) is 120 cm³/mol. The predicted octanol–water partition coefficient (Wildman–Crippen LogP) is 3.51. The highest BCUT2D eigenvalue weighted by molar-refractivity contribution is 5.89. The molecule has 166 valence electrons. The Labute approximate surface area is 183 Å². The maximum Gasteiger partial charge on any atom is 0.227 e. The molecule has 31 heavy (non-hydrogen) atoms. The van der Waals surface area contributed by atoms with Gasteiger partial charge >= 0.3 is 0 Å². The molecule has 1 aromatic heterocycles. The molecule has 2 amide bonds. The first-order valence-corrected chi connectivity index (χ1v) is 11.9. The number of ether oxygens (including phenoxy) is 1. The van der Waals surface area contributed by atoms with Gasteiger partial charge in [-0.05, 0) is 56.6 Å². The Morgan fingerprint density at radius 2 is 1.77 bits per heavy atom. The van der Waals surface area contributed by atoms with E-state index in [1.807, 2.05) is 29.3 Å². The number of carbonyl (C=O) groups excluding carboxylic acids is 2. The monoisotopic (exact) mass is 423 g/mol. The molecule has 5 rings (SSSR count). The van der Waals surface area contributed by atoms with Crippen molar-refractivity contribution < 1.29 is 14.3 Å². The van der Waals surface area contributed by atoms with Crippen molar-refractivity contribution in [2.24, 2.45) is 5.92 Å². The minimum Gasteiger partial charge on any atom is -0.375 e. The van der Waals surface area contributed by atoms with Gasteiger partial charge in [0.2, 0.25) is 11.8 Å². The zero-order valence-corrected chi connectivity index (χ0v) is 18.3. The largest absolute Gasteiger partial charge is 0.375 e. The molecule has 1 N–H and O–H groups in total. The van der Waals surface area contributed by atoms with E-state index in [2.05, 4.69) is 16.0 Å². The van der Waals surface area contributed by atoms with Crippen molar-refractivity contribution in [3.05, 3.63) is 36.0 Å². The zero-order chi connectivity index (χ0) is 21.3. The zero-order valence-electron chi connectivity index (χ0n) is 18.3. The van der Waals surface area contributed by atoms with E-state index in [0.29, 0.717) is 19.5 Å². The number of aromatic amines is 1. The van der Waals surface area contributed by atoms with Gasteiger partial charge in [0.05, 0.1) is 12.0 Å². The molecule has 1 spiro atoms. The van der Waals surface area contributed by atoms with Crippen molar-refractivity contribution >= 4 is 22.7 Å². The molecule has 0 unspecified atom stereocenters. The fraction of sp³-hybridized carbons (Fsp3) is 0.600. The smallest absolute Gasteiger partial charge is 0.227 e. The van der Waals surface area contributed by atoms with Gasteiger partial charge in [-0.3, -0.25) is 9.59 Å². The second-order valence-electron chi connectivity index (χ2n) is 9.51. The molecule has 6 nitrogen and oxygen atoms in total. The summed E-state index contributed by atoms with van der Waals surface area (Å²) in [7, 11) is 0. The van der Waals surface area contributed by atoms with Gasteiger partial charge in [-0.15, -0.1) is 0 Å². The topological polar surface area (TPSA) is 65.6 Å². The van der Waals surface area contributed by atoms with E-state index in [1.165, 1.54) is 12.8 Å². The number of fused-ring (bicyclic) bond motifs is 1. The minimum absolute atomic E-state index is 0.0349. The lowest BCUT2D eigenvalue weighted by molar-refractivity contribution is -0.149.